The Morgan fingerprint density at radius 3 is 2.46 bits per heavy atom. The van der Waals surface area contributed by atoms with Gasteiger partial charge in [-0.2, -0.15) is 0 Å². The van der Waals surface area contributed by atoms with Gasteiger partial charge in [-0.1, -0.05) is 19.4 Å². The van der Waals surface area contributed by atoms with Crippen LogP contribution in [0.25, 0.3) is 0 Å². The van der Waals surface area contributed by atoms with Crippen LogP contribution in [-0.2, 0) is 4.79 Å². The molecule has 0 aliphatic heterocycles. The monoisotopic (exact) mass is 180 g/mol. The molecule has 0 atom stereocenters. The largest absolute Gasteiger partial charge is 0.508 e. The summed E-state index contributed by atoms with van der Waals surface area (Å²) >= 11 is 0. The van der Waals surface area contributed by atoms with E-state index in [4.69, 9.17) is 0 Å². The lowest BCUT2D eigenvalue weighted by molar-refractivity contribution is -0.113. The number of aliphatic hydroxyl groups is 1. The molecule has 72 valence electrons. The number of ketones is 1. The molecule has 0 spiro atoms. The normalized spacial score (nSPS) is 21.4. The smallest absolute Gasteiger partial charge is 0.163 e. The van der Waals surface area contributed by atoms with Crippen molar-refractivity contribution in [3.8, 4) is 0 Å². The second-order valence-corrected chi connectivity index (χ2v) is 4.41. The highest BCUT2D eigenvalue weighted by atomic mass is 16.3. The van der Waals surface area contributed by atoms with E-state index in [0.29, 0.717) is 5.57 Å². The van der Waals surface area contributed by atoms with Crippen molar-refractivity contribution in [2.45, 2.75) is 34.1 Å². The minimum Gasteiger partial charge on any atom is -0.508 e. The second-order valence-electron chi connectivity index (χ2n) is 4.41. The topological polar surface area (TPSA) is 37.3 Å². The van der Waals surface area contributed by atoms with Gasteiger partial charge >= 0.3 is 0 Å². The van der Waals surface area contributed by atoms with Gasteiger partial charge in [0, 0.05) is 0 Å². The molecule has 0 aromatic rings. The van der Waals surface area contributed by atoms with Crippen molar-refractivity contribution in [1.29, 1.82) is 0 Å². The molecule has 0 heterocycles. The third-order valence-corrected chi connectivity index (χ3v) is 2.28. The van der Waals surface area contributed by atoms with Gasteiger partial charge in [0.05, 0.1) is 5.57 Å². The predicted molar refractivity (Wildman–Crippen MR) is 52.5 cm³/mol. The minimum absolute atomic E-state index is 0.0346. The Hall–Kier alpha value is -1.05. The van der Waals surface area contributed by atoms with Crippen LogP contribution in [0.2, 0.25) is 0 Å². The summed E-state index contributed by atoms with van der Waals surface area (Å²) < 4.78 is 0. The number of allylic oxidation sites excluding steroid dienone is 3. The maximum Gasteiger partial charge on any atom is 0.163 e. The summed E-state index contributed by atoms with van der Waals surface area (Å²) in [5.74, 6) is 0.0861. The molecular formula is C11H16O2. The lowest BCUT2D eigenvalue weighted by Crippen LogP contribution is -2.18. The molecule has 0 amide bonds. The number of hydrogen-bond acceptors (Lipinski definition) is 2. The molecule has 0 bridgehead atoms. The highest BCUT2D eigenvalue weighted by molar-refractivity contribution is 5.98. The van der Waals surface area contributed by atoms with Crippen molar-refractivity contribution in [3.05, 3.63) is 23.0 Å². The Labute approximate surface area is 79.0 Å². The van der Waals surface area contributed by atoms with Crippen molar-refractivity contribution in [3.63, 3.8) is 0 Å². The van der Waals surface area contributed by atoms with E-state index < -0.39 is 0 Å². The standard InChI is InChI=1S/C11H16O2/c1-7-5-11(3,4)6-9(13)10(7)8(2)12/h6,13H,5H2,1-4H3. The van der Waals surface area contributed by atoms with Crippen molar-refractivity contribution in [2.75, 3.05) is 0 Å². The second kappa shape index (κ2) is 3.02. The summed E-state index contributed by atoms with van der Waals surface area (Å²) in [6.45, 7) is 7.48. The fourth-order valence-corrected chi connectivity index (χ4v) is 1.96. The van der Waals surface area contributed by atoms with Gasteiger partial charge in [-0.25, -0.2) is 0 Å². The maximum absolute atomic E-state index is 11.2. The summed E-state index contributed by atoms with van der Waals surface area (Å²) in [6.07, 6.45) is 2.60. The van der Waals surface area contributed by atoms with E-state index in [-0.39, 0.29) is 17.0 Å². The van der Waals surface area contributed by atoms with E-state index in [1.54, 1.807) is 6.08 Å². The van der Waals surface area contributed by atoms with Crippen LogP contribution in [0.5, 0.6) is 0 Å². The minimum atomic E-state index is -0.0539. The summed E-state index contributed by atoms with van der Waals surface area (Å²) in [6, 6.07) is 0. The first-order chi connectivity index (χ1) is 5.83. The van der Waals surface area contributed by atoms with Crippen LogP contribution in [0.3, 0.4) is 0 Å². The molecule has 0 fully saturated rings. The van der Waals surface area contributed by atoms with E-state index in [9.17, 15) is 9.90 Å². The van der Waals surface area contributed by atoms with Gasteiger partial charge in [-0.15, -0.1) is 0 Å². The Balaban J connectivity index is 3.13. The molecule has 0 saturated heterocycles. The van der Waals surface area contributed by atoms with E-state index in [2.05, 4.69) is 0 Å². The van der Waals surface area contributed by atoms with E-state index in [1.807, 2.05) is 20.8 Å². The van der Waals surface area contributed by atoms with Crippen LogP contribution in [0, 0.1) is 5.41 Å². The first-order valence-corrected chi connectivity index (χ1v) is 4.46. The molecule has 1 aliphatic carbocycles. The number of rotatable bonds is 1. The molecule has 2 nitrogen and oxygen atoms in total. The first-order valence-electron chi connectivity index (χ1n) is 4.46. The summed E-state index contributed by atoms with van der Waals surface area (Å²) in [7, 11) is 0. The average molecular weight is 180 g/mol. The molecule has 1 aliphatic rings. The van der Waals surface area contributed by atoms with Gasteiger partial charge in [0.1, 0.15) is 5.76 Å². The van der Waals surface area contributed by atoms with Crippen molar-refractivity contribution in [2.24, 2.45) is 5.41 Å². The Morgan fingerprint density at radius 1 is 1.54 bits per heavy atom. The van der Waals surface area contributed by atoms with Crippen LogP contribution in [0.4, 0.5) is 0 Å². The van der Waals surface area contributed by atoms with Crippen LogP contribution < -0.4 is 0 Å². The molecule has 0 saturated carbocycles. The number of aliphatic hydroxyl groups excluding tert-OH is 1. The Bertz CT molecular complexity index is 306. The third-order valence-electron chi connectivity index (χ3n) is 2.28. The van der Waals surface area contributed by atoms with E-state index >= 15 is 0 Å². The van der Waals surface area contributed by atoms with Crippen LogP contribution in [-0.4, -0.2) is 10.9 Å². The summed E-state index contributed by atoms with van der Waals surface area (Å²) in [5, 5.41) is 9.63. The van der Waals surface area contributed by atoms with Gasteiger partial charge < -0.3 is 5.11 Å². The first kappa shape index (κ1) is 10.0. The zero-order chi connectivity index (χ0) is 10.2. The predicted octanol–water partition coefficient (Wildman–Crippen LogP) is 2.76. The molecule has 1 N–H and O–H groups in total. The number of Topliss-reactive ketones (excluding diaryl/α,β-unsaturated/α-hetero) is 1. The number of carbonyl (C=O) groups is 1. The zero-order valence-electron chi connectivity index (χ0n) is 8.64. The summed E-state index contributed by atoms with van der Waals surface area (Å²) in [4.78, 5) is 11.2. The molecule has 0 aromatic carbocycles. The lowest BCUT2D eigenvalue weighted by atomic mass is 9.78. The fraction of sp³-hybridized carbons (Fsp3) is 0.545. The highest BCUT2D eigenvalue weighted by Crippen LogP contribution is 2.36. The van der Waals surface area contributed by atoms with E-state index in [0.717, 1.165) is 12.0 Å². The fourth-order valence-electron chi connectivity index (χ4n) is 1.96. The van der Waals surface area contributed by atoms with Crippen LogP contribution in [0.1, 0.15) is 34.1 Å². The summed E-state index contributed by atoms with van der Waals surface area (Å²) in [5.41, 5.74) is 1.45. The van der Waals surface area contributed by atoms with Crippen molar-refractivity contribution < 1.29 is 9.90 Å². The van der Waals surface area contributed by atoms with Gasteiger partial charge in [0.2, 0.25) is 0 Å². The maximum atomic E-state index is 11.2. The van der Waals surface area contributed by atoms with E-state index in [1.165, 1.54) is 6.92 Å². The molecular weight excluding hydrogens is 164 g/mol. The average Bonchev–Trinajstić information content (AvgIpc) is 1.78. The third kappa shape index (κ3) is 2.00. The van der Waals surface area contributed by atoms with Gasteiger partial charge in [-0.3, -0.25) is 4.79 Å². The highest BCUT2D eigenvalue weighted by Gasteiger charge is 2.26. The lowest BCUT2D eigenvalue weighted by Gasteiger charge is -2.27. The Morgan fingerprint density at radius 2 is 2.08 bits per heavy atom. The molecule has 0 unspecified atom stereocenters. The van der Waals surface area contributed by atoms with Crippen LogP contribution >= 0.6 is 0 Å². The Kier molecular flexibility index (Phi) is 2.33. The number of hydrogen-bond donors (Lipinski definition) is 1. The van der Waals surface area contributed by atoms with Crippen molar-refractivity contribution >= 4 is 5.78 Å². The van der Waals surface area contributed by atoms with Gasteiger partial charge in [0.15, 0.2) is 5.78 Å². The zero-order valence-corrected chi connectivity index (χ0v) is 8.64. The number of carbonyl (C=O) groups excluding carboxylic acids is 1. The molecule has 13 heavy (non-hydrogen) atoms. The molecule has 2 heteroatoms. The van der Waals surface area contributed by atoms with Gasteiger partial charge in [-0.05, 0) is 31.8 Å². The molecule has 1 rings (SSSR count). The SMILES string of the molecule is CC(=O)C1=C(C)CC(C)(C)C=C1O. The molecule has 0 radical (unpaired) electrons. The van der Waals surface area contributed by atoms with Gasteiger partial charge in [0.25, 0.3) is 0 Å². The van der Waals surface area contributed by atoms with Crippen LogP contribution in [0.15, 0.2) is 23.0 Å². The molecule has 0 aromatic heterocycles. The quantitative estimate of drug-likeness (QED) is 0.673. The van der Waals surface area contributed by atoms with Crippen molar-refractivity contribution in [1.82, 2.24) is 0 Å².